The zero-order valence-electron chi connectivity index (χ0n) is 21.4. The lowest BCUT2D eigenvalue weighted by atomic mass is 9.98. The summed E-state index contributed by atoms with van der Waals surface area (Å²) in [5, 5.41) is 7.88. The van der Waals surface area contributed by atoms with Crippen LogP contribution in [-0.4, -0.2) is 28.0 Å². The summed E-state index contributed by atoms with van der Waals surface area (Å²) in [4.78, 5) is 29.0. The van der Waals surface area contributed by atoms with Crippen molar-refractivity contribution < 1.29 is 23.1 Å². The topological polar surface area (TPSA) is 147 Å². The number of nitrogens with one attached hydrogen (secondary N) is 1. The Morgan fingerprint density at radius 3 is 2.46 bits per heavy atom. The quantitative estimate of drug-likeness (QED) is 0.160. The lowest BCUT2D eigenvalue weighted by molar-refractivity contribution is 0.0444. The number of amidine groups is 1. The minimum Gasteiger partial charge on any atom is -0.465 e. The number of nitrogen functional groups attached to an aromatic ring is 1. The Morgan fingerprint density at radius 2 is 1.77 bits per heavy atom. The Kier molecular flexibility index (Phi) is 7.00. The molecule has 198 valence electrons. The highest BCUT2D eigenvalue weighted by Crippen LogP contribution is 2.29. The second-order valence-electron chi connectivity index (χ2n) is 8.75. The van der Waals surface area contributed by atoms with Crippen molar-refractivity contribution in [3.63, 3.8) is 0 Å². The molecule has 10 heteroatoms. The van der Waals surface area contributed by atoms with Gasteiger partial charge in [-0.15, -0.1) is 0 Å². The highest BCUT2D eigenvalue weighted by atomic mass is 16.6. The minimum atomic E-state index is -0.851. The van der Waals surface area contributed by atoms with Crippen LogP contribution in [0.3, 0.4) is 0 Å². The van der Waals surface area contributed by atoms with Gasteiger partial charge in [0.25, 0.3) is 6.01 Å². The van der Waals surface area contributed by atoms with Crippen molar-refractivity contribution in [2.75, 3.05) is 6.61 Å². The molecular formula is C29H26N4O6. The number of nitrogens with two attached hydrogens (primary N) is 1. The van der Waals surface area contributed by atoms with Gasteiger partial charge in [0.15, 0.2) is 18.1 Å². The van der Waals surface area contributed by atoms with Crippen molar-refractivity contribution in [3.05, 3.63) is 106 Å². The number of aromatic nitrogens is 2. The van der Waals surface area contributed by atoms with E-state index < -0.39 is 11.8 Å². The summed E-state index contributed by atoms with van der Waals surface area (Å²) in [6.07, 6.45) is 0. The van der Waals surface area contributed by atoms with Crippen molar-refractivity contribution in [2.24, 2.45) is 5.73 Å². The first-order chi connectivity index (χ1) is 18.9. The molecule has 3 aromatic carbocycles. The highest BCUT2D eigenvalue weighted by Gasteiger charge is 2.21. The number of nitrogens with zero attached hydrogens (tertiary/aromatic N) is 2. The Hall–Kier alpha value is -5.12. The summed E-state index contributed by atoms with van der Waals surface area (Å²) in [5.41, 5.74) is 10.6. The maximum Gasteiger partial charge on any atom is 0.519 e. The zero-order valence-corrected chi connectivity index (χ0v) is 21.4. The first-order valence-electron chi connectivity index (χ1n) is 12.3. The van der Waals surface area contributed by atoms with E-state index in [9.17, 15) is 9.59 Å². The van der Waals surface area contributed by atoms with E-state index in [4.69, 9.17) is 29.5 Å². The molecule has 0 aliphatic carbocycles. The van der Waals surface area contributed by atoms with Crippen molar-refractivity contribution in [2.45, 2.75) is 27.0 Å². The Bertz CT molecular complexity index is 1730. The third-order valence-corrected chi connectivity index (χ3v) is 6.22. The van der Waals surface area contributed by atoms with Crippen LogP contribution < -0.4 is 16.3 Å². The number of para-hydroxylation sites is 1. The number of hydrogen-bond acceptors (Lipinski definition) is 8. The average molecular weight is 527 g/mol. The number of ether oxygens (including phenoxy) is 2. The number of benzene rings is 3. The standard InChI is InChI=1S/C29H26N4O6/c1-3-36-28-32-23-10-6-9-22(27(34)37-16-24-17(2)38-29(35)39-24)25(23)33(28)15-18-11-13-19(14-12-18)20-7-4-5-8-21(20)26(30)31/h4-14H,3,15-16H2,1-2H3,(H3,30,31). The SMILES string of the molecule is CCOc1nc2cccc(C(=O)OCc3oc(=O)oc3C)c2n1Cc1ccc(-c2ccccc2C(=N)N)cc1. The Morgan fingerprint density at radius 1 is 1.03 bits per heavy atom. The molecule has 39 heavy (non-hydrogen) atoms. The fourth-order valence-corrected chi connectivity index (χ4v) is 4.37. The van der Waals surface area contributed by atoms with Crippen LogP contribution in [0.25, 0.3) is 22.2 Å². The van der Waals surface area contributed by atoms with Gasteiger partial charge in [0.2, 0.25) is 0 Å². The summed E-state index contributed by atoms with van der Waals surface area (Å²) in [7, 11) is 0. The summed E-state index contributed by atoms with van der Waals surface area (Å²) in [6, 6.07) is 20.9. The van der Waals surface area contributed by atoms with Crippen LogP contribution in [0.2, 0.25) is 0 Å². The minimum absolute atomic E-state index is 0.00500. The van der Waals surface area contributed by atoms with E-state index in [2.05, 4.69) is 4.98 Å². The van der Waals surface area contributed by atoms with E-state index in [0.29, 0.717) is 41.3 Å². The molecule has 0 unspecified atom stereocenters. The molecule has 0 atom stereocenters. The molecule has 3 N–H and O–H groups in total. The molecule has 0 aliphatic rings. The van der Waals surface area contributed by atoms with Crippen molar-refractivity contribution in [1.29, 1.82) is 5.41 Å². The summed E-state index contributed by atoms with van der Waals surface area (Å²) in [6.45, 7) is 3.94. The van der Waals surface area contributed by atoms with E-state index in [-0.39, 0.29) is 24.0 Å². The molecule has 0 saturated heterocycles. The molecule has 10 nitrogen and oxygen atoms in total. The summed E-state index contributed by atoms with van der Waals surface area (Å²) < 4.78 is 22.9. The van der Waals surface area contributed by atoms with Crippen molar-refractivity contribution in [3.8, 4) is 17.1 Å². The predicted molar refractivity (Wildman–Crippen MR) is 144 cm³/mol. The van der Waals surface area contributed by atoms with E-state index in [1.807, 2.05) is 60.0 Å². The molecule has 0 saturated carbocycles. The monoisotopic (exact) mass is 526 g/mol. The molecule has 0 amide bonds. The molecule has 2 aromatic heterocycles. The molecule has 0 radical (unpaired) electrons. The third kappa shape index (κ3) is 5.17. The number of esters is 1. The number of carbonyl (C=O) groups is 1. The van der Waals surface area contributed by atoms with E-state index in [1.54, 1.807) is 25.1 Å². The van der Waals surface area contributed by atoms with Crippen LogP contribution in [0.4, 0.5) is 0 Å². The zero-order chi connectivity index (χ0) is 27.5. The molecule has 5 aromatic rings. The molecule has 0 bridgehead atoms. The van der Waals surface area contributed by atoms with Crippen molar-refractivity contribution in [1.82, 2.24) is 9.55 Å². The van der Waals surface area contributed by atoms with Crippen LogP contribution in [0.5, 0.6) is 6.01 Å². The Labute approximate surface area is 223 Å². The smallest absolute Gasteiger partial charge is 0.465 e. The lowest BCUT2D eigenvalue weighted by Gasteiger charge is -2.13. The van der Waals surface area contributed by atoms with E-state index in [0.717, 1.165) is 16.7 Å². The van der Waals surface area contributed by atoms with Gasteiger partial charge in [-0.05, 0) is 42.7 Å². The molecule has 5 rings (SSSR count). The maximum absolute atomic E-state index is 13.1. The van der Waals surface area contributed by atoms with Gasteiger partial charge < -0.3 is 24.0 Å². The lowest BCUT2D eigenvalue weighted by Crippen LogP contribution is -2.12. The van der Waals surface area contributed by atoms with Gasteiger partial charge in [-0.2, -0.15) is 4.98 Å². The number of imidazole rings is 1. The number of carbonyl (C=O) groups excluding carboxylic acids is 1. The van der Waals surface area contributed by atoms with E-state index in [1.165, 1.54) is 0 Å². The predicted octanol–water partition coefficient (Wildman–Crippen LogP) is 4.65. The van der Waals surface area contributed by atoms with Crippen LogP contribution in [-0.2, 0) is 17.9 Å². The highest BCUT2D eigenvalue weighted by molar-refractivity contribution is 6.03. The fraction of sp³-hybridized carbons (Fsp3) is 0.172. The molecule has 0 aliphatic heterocycles. The largest absolute Gasteiger partial charge is 0.519 e. The Balaban J connectivity index is 1.47. The van der Waals surface area contributed by atoms with Crippen LogP contribution in [0, 0.1) is 12.3 Å². The van der Waals surface area contributed by atoms with Gasteiger partial charge in [-0.3, -0.25) is 9.98 Å². The summed E-state index contributed by atoms with van der Waals surface area (Å²) in [5.74, 6) is -1.05. The average Bonchev–Trinajstić information content (AvgIpc) is 3.45. The van der Waals surface area contributed by atoms with Crippen LogP contribution in [0.15, 0.2) is 80.4 Å². The number of rotatable bonds is 9. The van der Waals surface area contributed by atoms with Crippen LogP contribution in [0.1, 0.15) is 39.9 Å². The van der Waals surface area contributed by atoms with E-state index >= 15 is 0 Å². The third-order valence-electron chi connectivity index (χ3n) is 6.22. The van der Waals surface area contributed by atoms with Gasteiger partial charge in [0, 0.05) is 5.56 Å². The van der Waals surface area contributed by atoms with Crippen molar-refractivity contribution >= 4 is 22.8 Å². The molecular weight excluding hydrogens is 500 g/mol. The number of aryl methyl sites for hydroxylation is 1. The normalized spacial score (nSPS) is 11.0. The first-order valence-corrected chi connectivity index (χ1v) is 12.3. The second kappa shape index (κ2) is 10.7. The fourth-order valence-electron chi connectivity index (χ4n) is 4.37. The molecule has 0 fully saturated rings. The maximum atomic E-state index is 13.1. The molecule has 0 spiro atoms. The van der Waals surface area contributed by atoms with Gasteiger partial charge in [0.05, 0.1) is 29.7 Å². The van der Waals surface area contributed by atoms with Gasteiger partial charge in [-0.25, -0.2) is 9.59 Å². The first kappa shape index (κ1) is 25.5. The molecule has 2 heterocycles. The van der Waals surface area contributed by atoms with Gasteiger partial charge >= 0.3 is 11.8 Å². The second-order valence-corrected chi connectivity index (χ2v) is 8.75. The number of fused-ring (bicyclic) bond motifs is 1. The summed E-state index contributed by atoms with van der Waals surface area (Å²) >= 11 is 0. The van der Waals surface area contributed by atoms with Gasteiger partial charge in [-0.1, -0.05) is 54.6 Å². The number of hydrogen-bond donors (Lipinski definition) is 2. The van der Waals surface area contributed by atoms with Gasteiger partial charge in [0.1, 0.15) is 5.84 Å². The van der Waals surface area contributed by atoms with Crippen LogP contribution >= 0.6 is 0 Å².